The van der Waals surface area contributed by atoms with Gasteiger partial charge in [-0.25, -0.2) is 0 Å². The Balaban J connectivity index is 2.28. The Hall–Kier alpha value is -1.04. The van der Waals surface area contributed by atoms with Gasteiger partial charge in [-0.05, 0) is 29.9 Å². The Kier molecular flexibility index (Phi) is 2.22. The molecule has 1 aromatic carbocycles. The van der Waals surface area contributed by atoms with Crippen LogP contribution in [0.5, 0.6) is 0 Å². The first kappa shape index (κ1) is 8.55. The summed E-state index contributed by atoms with van der Waals surface area (Å²) in [6.45, 7) is 4.56. The summed E-state index contributed by atoms with van der Waals surface area (Å²) in [6, 6.07) is 8.77. The summed E-state index contributed by atoms with van der Waals surface area (Å²) in [6.07, 6.45) is 4.69. The van der Waals surface area contributed by atoms with Gasteiger partial charge in [0.25, 0.3) is 0 Å². The van der Waals surface area contributed by atoms with Crippen molar-refractivity contribution in [2.45, 2.75) is 26.7 Å². The van der Waals surface area contributed by atoms with Gasteiger partial charge >= 0.3 is 0 Å². The summed E-state index contributed by atoms with van der Waals surface area (Å²) in [5.41, 5.74) is 4.62. The zero-order valence-electron chi connectivity index (χ0n) is 8.38. The molecule has 0 aromatic heterocycles. The van der Waals surface area contributed by atoms with Gasteiger partial charge in [0, 0.05) is 0 Å². The van der Waals surface area contributed by atoms with E-state index in [1.165, 1.54) is 11.1 Å². The molecule has 0 nitrogen and oxygen atoms in total. The van der Waals surface area contributed by atoms with Crippen LogP contribution in [-0.4, -0.2) is 0 Å². The third kappa shape index (κ3) is 1.67. The summed E-state index contributed by atoms with van der Waals surface area (Å²) in [5.74, 6) is 0.702. The second-order valence-electron chi connectivity index (χ2n) is 4.08. The van der Waals surface area contributed by atoms with Gasteiger partial charge in [0.15, 0.2) is 0 Å². The first-order valence-corrected chi connectivity index (χ1v) is 5.03. The van der Waals surface area contributed by atoms with Crippen LogP contribution in [0.1, 0.15) is 25.0 Å². The molecule has 0 amide bonds. The number of benzene rings is 1. The SMILES string of the molecule is CC(C)C1=CCc2ccccc2C1. The van der Waals surface area contributed by atoms with E-state index >= 15 is 0 Å². The summed E-state index contributed by atoms with van der Waals surface area (Å²) >= 11 is 0. The second-order valence-corrected chi connectivity index (χ2v) is 4.08. The van der Waals surface area contributed by atoms with Crippen LogP contribution >= 0.6 is 0 Å². The number of allylic oxidation sites excluding steroid dienone is 2. The number of hydrogen-bond donors (Lipinski definition) is 0. The predicted octanol–water partition coefficient (Wildman–Crippen LogP) is 3.37. The van der Waals surface area contributed by atoms with E-state index in [0.29, 0.717) is 5.92 Å². The van der Waals surface area contributed by atoms with Crippen LogP contribution in [-0.2, 0) is 12.8 Å². The average molecular weight is 172 g/mol. The maximum atomic E-state index is 2.40. The molecule has 0 heterocycles. The molecule has 0 N–H and O–H groups in total. The molecule has 0 heteroatoms. The van der Waals surface area contributed by atoms with Crippen molar-refractivity contribution in [3.63, 3.8) is 0 Å². The standard InChI is InChI=1S/C13H16/c1-10(2)12-8-7-11-5-3-4-6-13(11)9-12/h3-6,8,10H,7,9H2,1-2H3. The minimum atomic E-state index is 0.702. The fourth-order valence-electron chi connectivity index (χ4n) is 1.90. The minimum Gasteiger partial charge on any atom is -0.0803 e. The highest BCUT2D eigenvalue weighted by Crippen LogP contribution is 2.24. The van der Waals surface area contributed by atoms with Crippen LogP contribution < -0.4 is 0 Å². The molecule has 0 aliphatic heterocycles. The normalized spacial score (nSPS) is 15.5. The highest BCUT2D eigenvalue weighted by atomic mass is 14.2. The van der Waals surface area contributed by atoms with Crippen molar-refractivity contribution in [3.05, 3.63) is 47.0 Å². The van der Waals surface area contributed by atoms with Crippen LogP contribution in [0.4, 0.5) is 0 Å². The van der Waals surface area contributed by atoms with Gasteiger partial charge in [0.05, 0.1) is 0 Å². The largest absolute Gasteiger partial charge is 0.0803 e. The lowest BCUT2D eigenvalue weighted by Crippen LogP contribution is -2.06. The molecular weight excluding hydrogens is 156 g/mol. The number of hydrogen-bond acceptors (Lipinski definition) is 0. The van der Waals surface area contributed by atoms with Crippen molar-refractivity contribution >= 4 is 0 Å². The topological polar surface area (TPSA) is 0 Å². The van der Waals surface area contributed by atoms with Crippen molar-refractivity contribution in [2.75, 3.05) is 0 Å². The molecular formula is C13H16. The summed E-state index contributed by atoms with van der Waals surface area (Å²) in [4.78, 5) is 0. The van der Waals surface area contributed by atoms with E-state index in [9.17, 15) is 0 Å². The monoisotopic (exact) mass is 172 g/mol. The molecule has 1 aliphatic rings. The second kappa shape index (κ2) is 3.37. The van der Waals surface area contributed by atoms with Crippen molar-refractivity contribution in [3.8, 4) is 0 Å². The number of fused-ring (bicyclic) bond motifs is 1. The first-order valence-electron chi connectivity index (χ1n) is 5.03. The highest BCUT2D eigenvalue weighted by Gasteiger charge is 2.11. The Morgan fingerprint density at radius 2 is 1.77 bits per heavy atom. The molecule has 0 fully saturated rings. The van der Waals surface area contributed by atoms with Crippen molar-refractivity contribution in [1.29, 1.82) is 0 Å². The fraction of sp³-hybridized carbons (Fsp3) is 0.385. The molecule has 0 bridgehead atoms. The lowest BCUT2D eigenvalue weighted by Gasteiger charge is -2.19. The fourth-order valence-corrected chi connectivity index (χ4v) is 1.90. The Morgan fingerprint density at radius 1 is 1.08 bits per heavy atom. The first-order chi connectivity index (χ1) is 6.27. The molecule has 13 heavy (non-hydrogen) atoms. The van der Waals surface area contributed by atoms with E-state index in [1.807, 2.05) is 0 Å². The number of rotatable bonds is 1. The maximum Gasteiger partial charge on any atom is -0.00616 e. The van der Waals surface area contributed by atoms with Crippen LogP contribution in [0.3, 0.4) is 0 Å². The molecule has 0 saturated carbocycles. The van der Waals surface area contributed by atoms with E-state index in [-0.39, 0.29) is 0 Å². The van der Waals surface area contributed by atoms with E-state index in [0.717, 1.165) is 12.8 Å². The highest BCUT2D eigenvalue weighted by molar-refractivity contribution is 5.37. The molecule has 0 radical (unpaired) electrons. The molecule has 0 unspecified atom stereocenters. The van der Waals surface area contributed by atoms with E-state index in [2.05, 4.69) is 44.2 Å². The van der Waals surface area contributed by atoms with Gasteiger partial charge in [-0.15, -0.1) is 0 Å². The van der Waals surface area contributed by atoms with Gasteiger partial charge in [-0.2, -0.15) is 0 Å². The van der Waals surface area contributed by atoms with Crippen LogP contribution in [0, 0.1) is 5.92 Å². The third-order valence-corrected chi connectivity index (χ3v) is 2.84. The van der Waals surface area contributed by atoms with Gasteiger partial charge in [-0.3, -0.25) is 0 Å². The van der Waals surface area contributed by atoms with E-state index in [1.54, 1.807) is 5.57 Å². The summed E-state index contributed by atoms with van der Waals surface area (Å²) in [7, 11) is 0. The van der Waals surface area contributed by atoms with Crippen molar-refractivity contribution in [2.24, 2.45) is 5.92 Å². The molecule has 0 atom stereocenters. The molecule has 2 rings (SSSR count). The smallest absolute Gasteiger partial charge is 0.00616 e. The Bertz CT molecular complexity index is 332. The van der Waals surface area contributed by atoms with Crippen molar-refractivity contribution in [1.82, 2.24) is 0 Å². The lowest BCUT2D eigenvalue weighted by molar-refractivity contribution is 0.724. The molecule has 0 saturated heterocycles. The zero-order valence-corrected chi connectivity index (χ0v) is 8.38. The molecule has 1 aliphatic carbocycles. The summed E-state index contributed by atoms with van der Waals surface area (Å²) < 4.78 is 0. The quantitative estimate of drug-likeness (QED) is 0.570. The van der Waals surface area contributed by atoms with Crippen LogP contribution in [0.2, 0.25) is 0 Å². The maximum absolute atomic E-state index is 2.40. The summed E-state index contributed by atoms with van der Waals surface area (Å²) in [5, 5.41) is 0. The Morgan fingerprint density at radius 3 is 2.46 bits per heavy atom. The molecule has 0 spiro atoms. The van der Waals surface area contributed by atoms with Gasteiger partial charge in [-0.1, -0.05) is 49.8 Å². The van der Waals surface area contributed by atoms with Gasteiger partial charge in [0.2, 0.25) is 0 Å². The van der Waals surface area contributed by atoms with Crippen molar-refractivity contribution < 1.29 is 0 Å². The van der Waals surface area contributed by atoms with E-state index < -0.39 is 0 Å². The van der Waals surface area contributed by atoms with Crippen LogP contribution in [0.25, 0.3) is 0 Å². The lowest BCUT2D eigenvalue weighted by atomic mass is 9.87. The average Bonchev–Trinajstić information content (AvgIpc) is 2.17. The zero-order chi connectivity index (χ0) is 9.26. The van der Waals surface area contributed by atoms with Gasteiger partial charge < -0.3 is 0 Å². The molecule has 1 aromatic rings. The minimum absolute atomic E-state index is 0.702. The van der Waals surface area contributed by atoms with Crippen LogP contribution in [0.15, 0.2) is 35.9 Å². The molecule has 68 valence electrons. The predicted molar refractivity (Wildman–Crippen MR) is 56.8 cm³/mol. The Labute approximate surface area is 80.3 Å². The van der Waals surface area contributed by atoms with Gasteiger partial charge in [0.1, 0.15) is 0 Å². The third-order valence-electron chi connectivity index (χ3n) is 2.84. The van der Waals surface area contributed by atoms with E-state index in [4.69, 9.17) is 0 Å².